The first-order valence-corrected chi connectivity index (χ1v) is 11.1. The average Bonchev–Trinajstić information content (AvgIpc) is 3.32. The molecule has 0 bridgehead atoms. The SMILES string of the molecule is C=C(NC)[C@H](N[C@@H](CCc1ccc(C(F)(F)F)cc1)c1ccc2c(c1)OCO2)c1ccccc1. The first-order valence-electron chi connectivity index (χ1n) is 11.1. The summed E-state index contributed by atoms with van der Waals surface area (Å²) in [6.45, 7) is 4.37. The molecular weight excluding hydrogens is 441 g/mol. The standard InChI is InChI=1S/C27H27F3N2O2/c1-18(31-2)26(20-6-4-3-5-7-20)32-23(21-11-15-24-25(16-21)34-17-33-24)14-10-19-8-12-22(13-9-19)27(28,29)30/h3-9,11-13,15-16,23,26,31-32H,1,10,14,17H2,2H3/t23-,26-/m0/s1. The molecule has 1 heterocycles. The molecule has 2 N–H and O–H groups in total. The van der Waals surface area contributed by atoms with Gasteiger partial charge in [0.05, 0.1) is 11.6 Å². The number of rotatable bonds is 9. The minimum absolute atomic E-state index is 0.118. The third kappa shape index (κ3) is 5.54. The highest BCUT2D eigenvalue weighted by Crippen LogP contribution is 2.36. The van der Waals surface area contributed by atoms with Gasteiger partial charge in [-0.05, 0) is 53.8 Å². The molecule has 0 saturated heterocycles. The highest BCUT2D eigenvalue weighted by Gasteiger charge is 2.30. The van der Waals surface area contributed by atoms with Crippen LogP contribution >= 0.6 is 0 Å². The van der Waals surface area contributed by atoms with Gasteiger partial charge in [0, 0.05) is 18.8 Å². The molecule has 7 heteroatoms. The normalized spacial score (nSPS) is 14.5. The van der Waals surface area contributed by atoms with Crippen LogP contribution in [-0.2, 0) is 12.6 Å². The molecule has 2 atom stereocenters. The van der Waals surface area contributed by atoms with Gasteiger partial charge in [-0.2, -0.15) is 13.2 Å². The Bertz CT molecular complexity index is 1110. The van der Waals surface area contributed by atoms with Crippen molar-refractivity contribution in [2.75, 3.05) is 13.8 Å². The van der Waals surface area contributed by atoms with E-state index in [1.165, 1.54) is 0 Å². The van der Waals surface area contributed by atoms with Crippen molar-refractivity contribution >= 4 is 0 Å². The Hall–Kier alpha value is -3.45. The maximum Gasteiger partial charge on any atom is 0.416 e. The number of hydrogen-bond acceptors (Lipinski definition) is 4. The van der Waals surface area contributed by atoms with E-state index in [1.54, 1.807) is 12.1 Å². The number of alkyl halides is 3. The Kier molecular flexibility index (Phi) is 7.12. The van der Waals surface area contributed by atoms with Crippen molar-refractivity contribution in [1.82, 2.24) is 10.6 Å². The molecule has 1 aliphatic rings. The Balaban J connectivity index is 1.59. The van der Waals surface area contributed by atoms with Crippen molar-refractivity contribution in [2.45, 2.75) is 31.1 Å². The molecular formula is C27H27F3N2O2. The first-order chi connectivity index (χ1) is 16.3. The number of halogens is 3. The van der Waals surface area contributed by atoms with Gasteiger partial charge in [0.1, 0.15) is 0 Å². The lowest BCUT2D eigenvalue weighted by atomic mass is 9.95. The lowest BCUT2D eigenvalue weighted by Gasteiger charge is -2.28. The second-order valence-corrected chi connectivity index (χ2v) is 8.18. The van der Waals surface area contributed by atoms with Gasteiger partial charge in [0.15, 0.2) is 11.5 Å². The molecule has 34 heavy (non-hydrogen) atoms. The van der Waals surface area contributed by atoms with Gasteiger partial charge in [0.25, 0.3) is 0 Å². The highest BCUT2D eigenvalue weighted by molar-refractivity contribution is 5.45. The molecule has 3 aromatic carbocycles. The van der Waals surface area contributed by atoms with Gasteiger partial charge in [-0.1, -0.05) is 55.1 Å². The number of aryl methyl sites for hydroxylation is 1. The van der Waals surface area contributed by atoms with Crippen molar-refractivity contribution in [3.05, 3.63) is 107 Å². The van der Waals surface area contributed by atoms with Crippen molar-refractivity contribution in [1.29, 1.82) is 0 Å². The summed E-state index contributed by atoms with van der Waals surface area (Å²) in [4.78, 5) is 0. The lowest BCUT2D eigenvalue weighted by molar-refractivity contribution is -0.137. The zero-order chi connectivity index (χ0) is 24.1. The van der Waals surface area contributed by atoms with E-state index >= 15 is 0 Å². The van der Waals surface area contributed by atoms with Crippen molar-refractivity contribution in [3.63, 3.8) is 0 Å². The van der Waals surface area contributed by atoms with Crippen molar-refractivity contribution < 1.29 is 22.6 Å². The fraction of sp³-hybridized carbons (Fsp3) is 0.259. The van der Waals surface area contributed by atoms with Crippen LogP contribution in [0.3, 0.4) is 0 Å². The van der Waals surface area contributed by atoms with E-state index in [2.05, 4.69) is 17.2 Å². The predicted molar refractivity (Wildman–Crippen MR) is 126 cm³/mol. The van der Waals surface area contributed by atoms with Gasteiger partial charge >= 0.3 is 6.18 Å². The van der Waals surface area contributed by atoms with Crippen LogP contribution in [-0.4, -0.2) is 13.8 Å². The van der Waals surface area contributed by atoms with Crippen LogP contribution in [0.5, 0.6) is 11.5 Å². The number of hydrogen-bond donors (Lipinski definition) is 2. The summed E-state index contributed by atoms with van der Waals surface area (Å²) in [7, 11) is 1.83. The molecule has 4 nitrogen and oxygen atoms in total. The molecule has 0 unspecified atom stereocenters. The minimum atomic E-state index is -4.34. The fourth-order valence-corrected chi connectivity index (χ4v) is 4.04. The number of benzene rings is 3. The monoisotopic (exact) mass is 468 g/mol. The Morgan fingerprint density at radius 2 is 1.65 bits per heavy atom. The van der Waals surface area contributed by atoms with Crippen LogP contribution in [0.15, 0.2) is 85.1 Å². The van der Waals surface area contributed by atoms with E-state index in [-0.39, 0.29) is 18.9 Å². The molecule has 4 rings (SSSR count). The topological polar surface area (TPSA) is 42.5 Å². The van der Waals surface area contributed by atoms with E-state index in [0.717, 1.165) is 34.5 Å². The Morgan fingerprint density at radius 1 is 0.941 bits per heavy atom. The van der Waals surface area contributed by atoms with Crippen LogP contribution in [0.25, 0.3) is 0 Å². The summed E-state index contributed by atoms with van der Waals surface area (Å²) >= 11 is 0. The van der Waals surface area contributed by atoms with E-state index < -0.39 is 11.7 Å². The van der Waals surface area contributed by atoms with Crippen LogP contribution in [0.4, 0.5) is 13.2 Å². The first kappa shape index (κ1) is 23.7. The van der Waals surface area contributed by atoms with Crippen molar-refractivity contribution in [3.8, 4) is 11.5 Å². The average molecular weight is 469 g/mol. The number of likely N-dealkylation sites (N-methyl/N-ethyl adjacent to an activating group) is 1. The third-order valence-electron chi connectivity index (χ3n) is 5.97. The van der Waals surface area contributed by atoms with Crippen molar-refractivity contribution in [2.24, 2.45) is 0 Å². The Morgan fingerprint density at radius 3 is 2.32 bits per heavy atom. The maximum absolute atomic E-state index is 12.9. The largest absolute Gasteiger partial charge is 0.454 e. The van der Waals surface area contributed by atoms with Crippen LogP contribution < -0.4 is 20.1 Å². The second kappa shape index (κ2) is 10.2. The van der Waals surface area contributed by atoms with E-state index in [4.69, 9.17) is 9.47 Å². The van der Waals surface area contributed by atoms with Crippen LogP contribution in [0, 0.1) is 0 Å². The van der Waals surface area contributed by atoms with E-state index in [0.29, 0.717) is 24.3 Å². The maximum atomic E-state index is 12.9. The smallest absolute Gasteiger partial charge is 0.416 e. The summed E-state index contributed by atoms with van der Waals surface area (Å²) in [5.74, 6) is 1.38. The molecule has 0 saturated carbocycles. The molecule has 0 aromatic heterocycles. The van der Waals surface area contributed by atoms with Gasteiger partial charge in [0.2, 0.25) is 6.79 Å². The predicted octanol–water partition coefficient (Wildman–Crippen LogP) is 6.17. The van der Waals surface area contributed by atoms with Gasteiger partial charge < -0.3 is 14.8 Å². The van der Waals surface area contributed by atoms with Gasteiger partial charge in [-0.15, -0.1) is 0 Å². The molecule has 0 spiro atoms. The van der Waals surface area contributed by atoms with Crippen LogP contribution in [0.1, 0.15) is 40.8 Å². The molecule has 178 valence electrons. The quantitative estimate of drug-likeness (QED) is 0.394. The van der Waals surface area contributed by atoms with E-state index in [1.807, 2.05) is 55.6 Å². The minimum Gasteiger partial charge on any atom is -0.454 e. The Labute approximate surface area is 197 Å². The van der Waals surface area contributed by atoms with Crippen LogP contribution in [0.2, 0.25) is 0 Å². The second-order valence-electron chi connectivity index (χ2n) is 8.18. The van der Waals surface area contributed by atoms with Gasteiger partial charge in [-0.25, -0.2) is 0 Å². The summed E-state index contributed by atoms with van der Waals surface area (Å²) < 4.78 is 49.8. The number of ether oxygens (including phenoxy) is 2. The summed E-state index contributed by atoms with van der Waals surface area (Å²) in [6, 6.07) is 20.9. The zero-order valence-electron chi connectivity index (χ0n) is 18.9. The summed E-state index contributed by atoms with van der Waals surface area (Å²) in [5, 5.41) is 6.84. The van der Waals surface area contributed by atoms with Gasteiger partial charge in [-0.3, -0.25) is 5.32 Å². The summed E-state index contributed by atoms with van der Waals surface area (Å²) in [5.41, 5.74) is 3.06. The highest BCUT2D eigenvalue weighted by atomic mass is 19.4. The van der Waals surface area contributed by atoms with E-state index in [9.17, 15) is 13.2 Å². The molecule has 1 aliphatic heterocycles. The number of nitrogens with one attached hydrogen (secondary N) is 2. The lowest BCUT2D eigenvalue weighted by Crippen LogP contribution is -2.31. The number of fused-ring (bicyclic) bond motifs is 1. The molecule has 0 radical (unpaired) electrons. The fourth-order valence-electron chi connectivity index (χ4n) is 4.04. The molecule has 0 aliphatic carbocycles. The molecule has 0 amide bonds. The third-order valence-corrected chi connectivity index (χ3v) is 5.97. The zero-order valence-corrected chi connectivity index (χ0v) is 18.9. The molecule has 0 fully saturated rings. The summed E-state index contributed by atoms with van der Waals surface area (Å²) in [6.07, 6.45) is -3.09. The molecule has 3 aromatic rings.